The SMILES string of the molecule is COC(C)O[C@@H]1[C@H](O)[C@@H](COP(N)O)O[C@H]1n1cnc2c(=O)[nH]c(N)nc21. The van der Waals surface area contributed by atoms with Crippen LogP contribution < -0.4 is 16.8 Å². The van der Waals surface area contributed by atoms with E-state index in [9.17, 15) is 9.90 Å². The topological polar surface area (TPSA) is 193 Å². The van der Waals surface area contributed by atoms with Crippen LogP contribution in [0.15, 0.2) is 11.1 Å². The molecule has 7 N–H and O–H groups in total. The van der Waals surface area contributed by atoms with E-state index in [1.165, 1.54) is 18.0 Å². The van der Waals surface area contributed by atoms with Gasteiger partial charge in [0.2, 0.25) is 14.5 Å². The molecule has 2 unspecified atom stereocenters. The van der Waals surface area contributed by atoms with Crippen LogP contribution >= 0.6 is 8.53 Å². The maximum absolute atomic E-state index is 12.0. The summed E-state index contributed by atoms with van der Waals surface area (Å²) in [5, 5.41) is 10.6. The molecule has 1 aliphatic heterocycles. The molecular formula is C13H21N6O7P. The Bertz CT molecular complexity index is 844. The van der Waals surface area contributed by atoms with Crippen molar-refractivity contribution in [1.82, 2.24) is 19.5 Å². The van der Waals surface area contributed by atoms with E-state index >= 15 is 0 Å². The zero-order valence-electron chi connectivity index (χ0n) is 14.6. The molecule has 13 nitrogen and oxygen atoms in total. The number of aliphatic hydroxyl groups excluding tert-OH is 1. The first-order valence-corrected chi connectivity index (χ1v) is 9.20. The first-order chi connectivity index (χ1) is 12.8. The summed E-state index contributed by atoms with van der Waals surface area (Å²) in [4.78, 5) is 31.6. The number of nitrogens with two attached hydrogens (primary N) is 2. The summed E-state index contributed by atoms with van der Waals surface area (Å²) in [5.41, 5.74) is 10.6. The van der Waals surface area contributed by atoms with Crippen LogP contribution in [0.25, 0.3) is 11.2 Å². The number of H-pyrrole nitrogens is 1. The fourth-order valence-corrected chi connectivity index (χ4v) is 3.08. The Hall–Kier alpha value is -1.70. The summed E-state index contributed by atoms with van der Waals surface area (Å²) in [6.45, 7) is 1.48. The first-order valence-electron chi connectivity index (χ1n) is 7.92. The molecule has 3 rings (SSSR count). The highest BCUT2D eigenvalue weighted by molar-refractivity contribution is 7.43. The fraction of sp³-hybridized carbons (Fsp3) is 0.615. The minimum atomic E-state index is -2.12. The lowest BCUT2D eigenvalue weighted by atomic mass is 10.1. The number of aliphatic hydroxyl groups is 1. The van der Waals surface area contributed by atoms with Crippen LogP contribution in [-0.2, 0) is 18.7 Å². The van der Waals surface area contributed by atoms with Crippen molar-refractivity contribution in [2.24, 2.45) is 5.50 Å². The minimum absolute atomic E-state index is 0.0568. The highest BCUT2D eigenvalue weighted by atomic mass is 31.2. The molecule has 0 radical (unpaired) electrons. The van der Waals surface area contributed by atoms with Gasteiger partial charge < -0.3 is 34.5 Å². The molecule has 14 heteroatoms. The minimum Gasteiger partial charge on any atom is -0.387 e. The van der Waals surface area contributed by atoms with Gasteiger partial charge in [0.05, 0.1) is 12.9 Å². The van der Waals surface area contributed by atoms with E-state index in [2.05, 4.69) is 15.0 Å². The molecule has 0 saturated carbocycles. The monoisotopic (exact) mass is 404 g/mol. The number of nitrogen functional groups attached to an aromatic ring is 1. The number of imidazole rings is 1. The Labute approximate surface area is 154 Å². The van der Waals surface area contributed by atoms with Crippen molar-refractivity contribution in [3.63, 3.8) is 0 Å². The molecular weight excluding hydrogens is 383 g/mol. The van der Waals surface area contributed by atoms with Crippen molar-refractivity contribution >= 4 is 25.6 Å². The number of fused-ring (bicyclic) bond motifs is 1. The van der Waals surface area contributed by atoms with Gasteiger partial charge in [-0.05, 0) is 6.92 Å². The second-order valence-corrected chi connectivity index (χ2v) is 6.70. The van der Waals surface area contributed by atoms with E-state index in [4.69, 9.17) is 34.9 Å². The van der Waals surface area contributed by atoms with E-state index < -0.39 is 44.9 Å². The van der Waals surface area contributed by atoms with E-state index in [-0.39, 0.29) is 23.7 Å². The number of hydrogen-bond acceptors (Lipinski definition) is 11. The van der Waals surface area contributed by atoms with Crippen molar-refractivity contribution in [1.29, 1.82) is 0 Å². The molecule has 0 aliphatic carbocycles. The van der Waals surface area contributed by atoms with Gasteiger partial charge in [0.1, 0.15) is 18.3 Å². The number of methoxy groups -OCH3 is 1. The number of rotatable bonds is 7. The van der Waals surface area contributed by atoms with Crippen molar-refractivity contribution in [3.05, 3.63) is 16.7 Å². The third-order valence-corrected chi connectivity index (χ3v) is 4.50. The van der Waals surface area contributed by atoms with Gasteiger partial charge in [-0.2, -0.15) is 4.98 Å². The zero-order chi connectivity index (χ0) is 19.7. The number of ether oxygens (including phenoxy) is 3. The maximum Gasteiger partial charge on any atom is 0.280 e. The summed E-state index contributed by atoms with van der Waals surface area (Å²) < 4.78 is 23.1. The highest BCUT2D eigenvalue weighted by Gasteiger charge is 2.47. The molecule has 0 bridgehead atoms. The van der Waals surface area contributed by atoms with Gasteiger partial charge in [-0.25, -0.2) is 4.98 Å². The van der Waals surface area contributed by atoms with Crippen LogP contribution in [0.2, 0.25) is 0 Å². The quantitative estimate of drug-likeness (QED) is 0.267. The molecule has 0 amide bonds. The van der Waals surface area contributed by atoms with Gasteiger partial charge in [-0.1, -0.05) is 0 Å². The Morgan fingerprint density at radius 2 is 2.30 bits per heavy atom. The van der Waals surface area contributed by atoms with Crippen molar-refractivity contribution in [2.75, 3.05) is 19.5 Å². The van der Waals surface area contributed by atoms with Crippen molar-refractivity contribution < 1.29 is 28.7 Å². The standard InChI is InChI=1S/C13H21N6O7P/c1-5(23-2)25-9-8(20)6(3-24-27(15)22)26-12(9)19-4-16-7-10(19)17-13(14)18-11(7)21/h4-6,8-9,12,20,22H,3,15H2,1-2H3,(H3,14,17,18,21)/t5?,6-,8-,9-,12-,27?/m1/s1. The maximum atomic E-state index is 12.0. The van der Waals surface area contributed by atoms with Gasteiger partial charge in [0.25, 0.3) is 5.56 Å². The second-order valence-electron chi connectivity index (χ2n) is 5.83. The van der Waals surface area contributed by atoms with E-state index in [0.29, 0.717) is 0 Å². The molecule has 150 valence electrons. The van der Waals surface area contributed by atoms with Gasteiger partial charge in [-0.3, -0.25) is 19.8 Å². The first kappa shape index (κ1) is 20.0. The summed E-state index contributed by atoms with van der Waals surface area (Å²) in [6.07, 6.45) is -3.14. The number of hydrogen-bond donors (Lipinski definition) is 5. The lowest BCUT2D eigenvalue weighted by molar-refractivity contribution is -0.181. The Morgan fingerprint density at radius 1 is 1.56 bits per heavy atom. The van der Waals surface area contributed by atoms with Crippen LogP contribution in [0.4, 0.5) is 5.95 Å². The Kier molecular flexibility index (Phi) is 6.03. The van der Waals surface area contributed by atoms with Gasteiger partial charge in [-0.15, -0.1) is 0 Å². The predicted octanol–water partition coefficient (Wildman–Crippen LogP) is -1.47. The summed E-state index contributed by atoms with van der Waals surface area (Å²) in [7, 11) is -0.667. The third kappa shape index (κ3) is 4.10. The Morgan fingerprint density at radius 3 is 2.96 bits per heavy atom. The van der Waals surface area contributed by atoms with Gasteiger partial charge in [0.15, 0.2) is 23.7 Å². The van der Waals surface area contributed by atoms with Crippen LogP contribution in [0, 0.1) is 0 Å². The van der Waals surface area contributed by atoms with Crippen molar-refractivity contribution in [2.45, 2.75) is 37.8 Å². The number of aromatic amines is 1. The average molecular weight is 404 g/mol. The molecule has 0 aromatic carbocycles. The zero-order valence-corrected chi connectivity index (χ0v) is 15.4. The van der Waals surface area contributed by atoms with Crippen LogP contribution in [-0.4, -0.2) is 67.8 Å². The molecule has 27 heavy (non-hydrogen) atoms. The lowest BCUT2D eigenvalue weighted by Crippen LogP contribution is -2.38. The van der Waals surface area contributed by atoms with E-state index in [1.807, 2.05) is 0 Å². The largest absolute Gasteiger partial charge is 0.387 e. The number of nitrogens with one attached hydrogen (secondary N) is 1. The number of anilines is 1. The van der Waals surface area contributed by atoms with Gasteiger partial charge >= 0.3 is 0 Å². The molecule has 1 aliphatic rings. The van der Waals surface area contributed by atoms with Crippen LogP contribution in [0.5, 0.6) is 0 Å². The third-order valence-electron chi connectivity index (χ3n) is 4.09. The lowest BCUT2D eigenvalue weighted by Gasteiger charge is -2.24. The average Bonchev–Trinajstić information content (AvgIpc) is 3.15. The molecule has 0 spiro atoms. The number of nitrogens with zero attached hydrogens (tertiary/aromatic N) is 3. The number of aromatic nitrogens is 4. The summed E-state index contributed by atoms with van der Waals surface area (Å²) in [6, 6.07) is 0. The molecule has 1 fully saturated rings. The van der Waals surface area contributed by atoms with E-state index in [1.54, 1.807) is 6.92 Å². The summed E-state index contributed by atoms with van der Waals surface area (Å²) >= 11 is 0. The van der Waals surface area contributed by atoms with Crippen LogP contribution in [0.1, 0.15) is 13.2 Å². The fourth-order valence-electron chi connectivity index (χ4n) is 2.78. The molecule has 3 heterocycles. The highest BCUT2D eigenvalue weighted by Crippen LogP contribution is 2.35. The Balaban J connectivity index is 1.96. The normalized spacial score (nSPS) is 27.9. The second kappa shape index (κ2) is 8.12. The molecule has 2 aromatic heterocycles. The van der Waals surface area contributed by atoms with Crippen molar-refractivity contribution in [3.8, 4) is 0 Å². The van der Waals surface area contributed by atoms with Gasteiger partial charge in [0, 0.05) is 7.11 Å². The van der Waals surface area contributed by atoms with Crippen LogP contribution in [0.3, 0.4) is 0 Å². The molecule has 1 saturated heterocycles. The molecule has 6 atom stereocenters. The molecule has 2 aromatic rings. The predicted molar refractivity (Wildman–Crippen MR) is 93.1 cm³/mol. The smallest absolute Gasteiger partial charge is 0.280 e. The van der Waals surface area contributed by atoms with E-state index in [0.717, 1.165) is 0 Å². The summed E-state index contributed by atoms with van der Waals surface area (Å²) in [5.74, 6) is -0.0931.